The van der Waals surface area contributed by atoms with E-state index in [1.54, 1.807) is 0 Å². The van der Waals surface area contributed by atoms with Crippen molar-refractivity contribution in [3.05, 3.63) is 23.8 Å². The maximum Gasteiger partial charge on any atom is 0.165 e. The van der Waals surface area contributed by atoms with Crippen molar-refractivity contribution in [2.24, 2.45) is 5.92 Å². The number of nitrogens with zero attached hydrogens (tertiary/aromatic N) is 1. The second-order valence-corrected chi connectivity index (χ2v) is 6.45. The zero-order chi connectivity index (χ0) is 14.1. The summed E-state index contributed by atoms with van der Waals surface area (Å²) in [5.74, 6) is 2.63. The van der Waals surface area contributed by atoms with Crippen LogP contribution in [0.3, 0.4) is 0 Å². The minimum absolute atomic E-state index is 0.656. The average Bonchev–Trinajstić information content (AvgIpc) is 3.27. The third-order valence-electron chi connectivity index (χ3n) is 4.78. The predicted molar refractivity (Wildman–Crippen MR) is 81.8 cm³/mol. The van der Waals surface area contributed by atoms with Crippen molar-refractivity contribution >= 4 is 0 Å². The smallest absolute Gasteiger partial charge is 0.165 e. The topological polar surface area (TPSA) is 33.7 Å². The highest BCUT2D eigenvalue weighted by Gasteiger charge is 2.34. The van der Waals surface area contributed by atoms with Gasteiger partial charge in [-0.05, 0) is 44.3 Å². The fourth-order valence-electron chi connectivity index (χ4n) is 3.48. The highest BCUT2D eigenvalue weighted by Crippen LogP contribution is 2.34. The molecule has 1 unspecified atom stereocenters. The van der Waals surface area contributed by atoms with Gasteiger partial charge in [-0.25, -0.2) is 0 Å². The number of hydrogen-bond donors (Lipinski definition) is 1. The minimum atomic E-state index is 0.656. The zero-order valence-electron chi connectivity index (χ0n) is 12.5. The third-order valence-corrected chi connectivity index (χ3v) is 4.78. The fraction of sp³-hybridized carbons (Fsp3) is 0.647. The Kier molecular flexibility index (Phi) is 3.74. The molecule has 0 aromatic heterocycles. The normalized spacial score (nSPS) is 25.2. The quantitative estimate of drug-likeness (QED) is 0.899. The van der Waals surface area contributed by atoms with Gasteiger partial charge in [0.2, 0.25) is 0 Å². The summed E-state index contributed by atoms with van der Waals surface area (Å²) in [5, 5.41) is 3.61. The van der Waals surface area contributed by atoms with E-state index in [1.165, 1.54) is 37.9 Å². The second-order valence-electron chi connectivity index (χ2n) is 6.45. The third kappa shape index (κ3) is 3.01. The molecule has 0 spiro atoms. The molecule has 2 aliphatic heterocycles. The summed E-state index contributed by atoms with van der Waals surface area (Å²) in [4.78, 5) is 2.67. The molecule has 0 amide bonds. The van der Waals surface area contributed by atoms with Gasteiger partial charge in [0.25, 0.3) is 0 Å². The Bertz CT molecular complexity index is 502. The van der Waals surface area contributed by atoms with Gasteiger partial charge < -0.3 is 19.7 Å². The summed E-state index contributed by atoms with van der Waals surface area (Å²) < 4.78 is 11.4. The zero-order valence-corrected chi connectivity index (χ0v) is 12.5. The number of likely N-dealkylation sites (tertiary alicyclic amines) is 1. The standard InChI is InChI=1S/C17H24N2O2/c1-2-14(17-16(3-1)20-8-9-21-17)11-18-10-13-6-7-19(12-13)15-4-5-15/h1-3,13,15,18H,4-12H2. The van der Waals surface area contributed by atoms with Gasteiger partial charge >= 0.3 is 0 Å². The van der Waals surface area contributed by atoms with Crippen molar-refractivity contribution in [1.29, 1.82) is 0 Å². The SMILES string of the molecule is c1cc(CNCC2CCN(C3CC3)C2)c2c(c1)OCCO2. The van der Waals surface area contributed by atoms with Crippen LogP contribution in [0, 0.1) is 5.92 Å². The van der Waals surface area contributed by atoms with Gasteiger partial charge in [0.1, 0.15) is 13.2 Å². The first kappa shape index (κ1) is 13.4. The van der Waals surface area contributed by atoms with E-state index in [1.807, 2.05) is 6.07 Å². The second kappa shape index (κ2) is 5.85. The van der Waals surface area contributed by atoms with Crippen molar-refractivity contribution in [2.45, 2.75) is 31.8 Å². The highest BCUT2D eigenvalue weighted by molar-refractivity contribution is 5.47. The number of fused-ring (bicyclic) bond motifs is 1. The van der Waals surface area contributed by atoms with Gasteiger partial charge in [0.05, 0.1) is 0 Å². The summed E-state index contributed by atoms with van der Waals surface area (Å²) in [6.45, 7) is 5.87. The molecule has 0 bridgehead atoms. The van der Waals surface area contributed by atoms with Crippen molar-refractivity contribution in [3.63, 3.8) is 0 Å². The average molecular weight is 288 g/mol. The Morgan fingerprint density at radius 2 is 2.05 bits per heavy atom. The largest absolute Gasteiger partial charge is 0.486 e. The number of hydrogen-bond acceptors (Lipinski definition) is 4. The first-order valence-electron chi connectivity index (χ1n) is 8.22. The highest BCUT2D eigenvalue weighted by atomic mass is 16.6. The minimum Gasteiger partial charge on any atom is -0.486 e. The lowest BCUT2D eigenvalue weighted by molar-refractivity contribution is 0.169. The monoisotopic (exact) mass is 288 g/mol. The van der Waals surface area contributed by atoms with Crippen LogP contribution in [-0.4, -0.2) is 43.8 Å². The molecule has 1 saturated carbocycles. The Labute approximate surface area is 126 Å². The lowest BCUT2D eigenvalue weighted by Crippen LogP contribution is -2.27. The number of benzene rings is 1. The van der Waals surface area contributed by atoms with Crippen LogP contribution in [0.1, 0.15) is 24.8 Å². The molecule has 21 heavy (non-hydrogen) atoms. The first-order chi connectivity index (χ1) is 10.4. The predicted octanol–water partition coefficient (Wildman–Crippen LogP) is 2.03. The molecular formula is C17H24N2O2. The van der Waals surface area contributed by atoms with Gasteiger partial charge in [-0.15, -0.1) is 0 Å². The Balaban J connectivity index is 1.29. The Morgan fingerprint density at radius 3 is 2.95 bits per heavy atom. The van der Waals surface area contributed by atoms with E-state index < -0.39 is 0 Å². The van der Waals surface area contributed by atoms with E-state index in [-0.39, 0.29) is 0 Å². The molecule has 1 saturated heterocycles. The molecule has 4 rings (SSSR count). The van der Waals surface area contributed by atoms with E-state index >= 15 is 0 Å². The molecule has 4 heteroatoms. The summed E-state index contributed by atoms with van der Waals surface area (Å²) in [6, 6.07) is 7.09. The van der Waals surface area contributed by atoms with Crippen LogP contribution in [0.15, 0.2) is 18.2 Å². The fourth-order valence-corrected chi connectivity index (χ4v) is 3.48. The molecule has 3 aliphatic rings. The van der Waals surface area contributed by atoms with E-state index in [4.69, 9.17) is 9.47 Å². The van der Waals surface area contributed by atoms with Crippen LogP contribution in [0.2, 0.25) is 0 Å². The van der Waals surface area contributed by atoms with Crippen LogP contribution < -0.4 is 14.8 Å². The van der Waals surface area contributed by atoms with E-state index in [0.29, 0.717) is 13.2 Å². The number of nitrogens with one attached hydrogen (secondary N) is 1. The van der Waals surface area contributed by atoms with Crippen molar-refractivity contribution in [2.75, 3.05) is 32.8 Å². The molecule has 4 nitrogen and oxygen atoms in total. The van der Waals surface area contributed by atoms with E-state index in [2.05, 4.69) is 22.3 Å². The van der Waals surface area contributed by atoms with Gasteiger partial charge in [-0.2, -0.15) is 0 Å². The Morgan fingerprint density at radius 1 is 1.14 bits per heavy atom. The number of rotatable bonds is 5. The lowest BCUT2D eigenvalue weighted by Gasteiger charge is -2.21. The molecule has 114 valence electrons. The lowest BCUT2D eigenvalue weighted by atomic mass is 10.1. The van der Waals surface area contributed by atoms with E-state index in [9.17, 15) is 0 Å². The van der Waals surface area contributed by atoms with Crippen LogP contribution >= 0.6 is 0 Å². The van der Waals surface area contributed by atoms with Crippen molar-refractivity contribution < 1.29 is 9.47 Å². The summed E-state index contributed by atoms with van der Waals surface area (Å²) in [5.41, 5.74) is 1.21. The van der Waals surface area contributed by atoms with Gasteiger partial charge in [-0.3, -0.25) is 0 Å². The summed E-state index contributed by atoms with van der Waals surface area (Å²) >= 11 is 0. The summed E-state index contributed by atoms with van der Waals surface area (Å²) in [6.07, 6.45) is 4.19. The molecule has 1 N–H and O–H groups in total. The molecule has 1 atom stereocenters. The molecule has 1 aliphatic carbocycles. The Hall–Kier alpha value is -1.26. The molecular weight excluding hydrogens is 264 g/mol. The van der Waals surface area contributed by atoms with Crippen LogP contribution in [0.5, 0.6) is 11.5 Å². The van der Waals surface area contributed by atoms with Crippen LogP contribution in [0.4, 0.5) is 0 Å². The molecule has 1 aromatic rings. The van der Waals surface area contributed by atoms with E-state index in [0.717, 1.165) is 36.5 Å². The number of ether oxygens (including phenoxy) is 2. The maximum absolute atomic E-state index is 5.76. The van der Waals surface area contributed by atoms with Crippen molar-refractivity contribution in [1.82, 2.24) is 10.2 Å². The molecule has 1 aromatic carbocycles. The molecule has 2 heterocycles. The van der Waals surface area contributed by atoms with Gasteiger partial charge in [0.15, 0.2) is 11.5 Å². The van der Waals surface area contributed by atoms with Gasteiger partial charge in [-0.1, -0.05) is 12.1 Å². The number of para-hydroxylation sites is 1. The van der Waals surface area contributed by atoms with Gasteiger partial charge in [0, 0.05) is 24.7 Å². The van der Waals surface area contributed by atoms with Crippen LogP contribution in [0.25, 0.3) is 0 Å². The first-order valence-corrected chi connectivity index (χ1v) is 8.22. The molecule has 2 fully saturated rings. The van der Waals surface area contributed by atoms with Crippen LogP contribution in [-0.2, 0) is 6.54 Å². The van der Waals surface area contributed by atoms with Crippen molar-refractivity contribution in [3.8, 4) is 11.5 Å². The summed E-state index contributed by atoms with van der Waals surface area (Å²) in [7, 11) is 0. The maximum atomic E-state index is 5.76. The molecule has 0 radical (unpaired) electrons.